The van der Waals surface area contributed by atoms with Crippen molar-refractivity contribution in [2.24, 2.45) is 0 Å². The summed E-state index contributed by atoms with van der Waals surface area (Å²) in [6, 6.07) is 11.1. The zero-order valence-corrected chi connectivity index (χ0v) is 14.7. The Labute approximate surface area is 150 Å². The first-order valence-electron chi connectivity index (χ1n) is 7.93. The van der Waals surface area contributed by atoms with E-state index in [1.165, 1.54) is 17.0 Å². The van der Waals surface area contributed by atoms with Crippen molar-refractivity contribution in [1.29, 1.82) is 0 Å². The maximum absolute atomic E-state index is 14.1. The largest absolute Gasteiger partial charge is 0.345 e. The summed E-state index contributed by atoms with van der Waals surface area (Å²) >= 11 is 6.17. The van der Waals surface area contributed by atoms with Gasteiger partial charge < -0.3 is 10.2 Å². The topological polar surface area (TPSA) is 49.4 Å². The van der Waals surface area contributed by atoms with Crippen molar-refractivity contribution in [3.8, 4) is 0 Å². The second-order valence-corrected chi connectivity index (χ2v) is 6.82. The van der Waals surface area contributed by atoms with Gasteiger partial charge in [-0.1, -0.05) is 29.8 Å². The van der Waals surface area contributed by atoms with Gasteiger partial charge >= 0.3 is 0 Å². The molecule has 4 nitrogen and oxygen atoms in total. The molecule has 1 N–H and O–H groups in total. The molecule has 0 saturated heterocycles. The summed E-state index contributed by atoms with van der Waals surface area (Å²) in [5.74, 6) is -0.853. The summed E-state index contributed by atoms with van der Waals surface area (Å²) in [6.07, 6.45) is 1.20. The van der Waals surface area contributed by atoms with Crippen LogP contribution in [0.3, 0.4) is 0 Å². The standard InChI is InChI=1S/C19H18ClFN2O2/c1-23(2)17(24)13-8-7-12(11-15(13)20)22-18(25)19(9-10-19)14-5-3-4-6-16(14)21/h3-8,11H,9-10H2,1-2H3,(H,22,25). The van der Waals surface area contributed by atoms with Crippen LogP contribution in [0.25, 0.3) is 0 Å². The summed E-state index contributed by atoms with van der Waals surface area (Å²) < 4.78 is 14.1. The van der Waals surface area contributed by atoms with Gasteiger partial charge in [0.1, 0.15) is 5.82 Å². The SMILES string of the molecule is CN(C)C(=O)c1ccc(NC(=O)C2(c3ccccc3F)CC2)cc1Cl. The minimum Gasteiger partial charge on any atom is -0.345 e. The molecule has 2 aromatic rings. The molecule has 1 aliphatic carbocycles. The normalized spacial score (nSPS) is 14.7. The summed E-state index contributed by atoms with van der Waals surface area (Å²) in [5, 5.41) is 3.05. The number of carbonyl (C=O) groups excluding carboxylic acids is 2. The van der Waals surface area contributed by atoms with Crippen molar-refractivity contribution < 1.29 is 14.0 Å². The average molecular weight is 361 g/mol. The van der Waals surface area contributed by atoms with E-state index in [0.717, 1.165) is 0 Å². The molecule has 0 radical (unpaired) electrons. The zero-order valence-electron chi connectivity index (χ0n) is 14.0. The Hall–Kier alpha value is -2.40. The number of hydrogen-bond acceptors (Lipinski definition) is 2. The van der Waals surface area contributed by atoms with Crippen molar-refractivity contribution in [2.45, 2.75) is 18.3 Å². The maximum Gasteiger partial charge on any atom is 0.254 e. The lowest BCUT2D eigenvalue weighted by atomic mass is 9.94. The Kier molecular flexibility index (Phi) is 4.52. The van der Waals surface area contributed by atoms with E-state index < -0.39 is 5.41 Å². The lowest BCUT2D eigenvalue weighted by Gasteiger charge is -2.17. The van der Waals surface area contributed by atoms with Crippen molar-refractivity contribution in [3.63, 3.8) is 0 Å². The molecule has 0 bridgehead atoms. The Morgan fingerprint density at radius 3 is 2.40 bits per heavy atom. The van der Waals surface area contributed by atoms with E-state index in [4.69, 9.17) is 11.6 Å². The van der Waals surface area contributed by atoms with Crippen LogP contribution >= 0.6 is 11.6 Å². The third kappa shape index (κ3) is 3.24. The van der Waals surface area contributed by atoms with Gasteiger partial charge in [0.25, 0.3) is 5.91 Å². The molecule has 3 rings (SSSR count). The average Bonchev–Trinajstić information content (AvgIpc) is 3.36. The molecule has 25 heavy (non-hydrogen) atoms. The molecular weight excluding hydrogens is 343 g/mol. The first kappa shape index (κ1) is 17.4. The van der Waals surface area contributed by atoms with Gasteiger partial charge in [0.2, 0.25) is 5.91 Å². The maximum atomic E-state index is 14.1. The van der Waals surface area contributed by atoms with Crippen LogP contribution in [0.2, 0.25) is 5.02 Å². The van der Waals surface area contributed by atoms with Gasteiger partial charge in [-0.15, -0.1) is 0 Å². The van der Waals surface area contributed by atoms with E-state index in [-0.39, 0.29) is 22.7 Å². The molecule has 0 spiro atoms. The van der Waals surface area contributed by atoms with E-state index in [9.17, 15) is 14.0 Å². The molecule has 0 atom stereocenters. The Bertz CT molecular complexity index is 847. The van der Waals surface area contributed by atoms with Gasteiger partial charge in [-0.05, 0) is 37.1 Å². The third-order valence-corrected chi connectivity index (χ3v) is 4.75. The van der Waals surface area contributed by atoms with Crippen molar-refractivity contribution in [2.75, 3.05) is 19.4 Å². The lowest BCUT2D eigenvalue weighted by Crippen LogP contribution is -2.28. The number of hydrogen-bond donors (Lipinski definition) is 1. The summed E-state index contributed by atoms with van der Waals surface area (Å²) in [5.41, 5.74) is 0.432. The second kappa shape index (κ2) is 6.48. The monoisotopic (exact) mass is 360 g/mol. The van der Waals surface area contributed by atoms with Gasteiger partial charge in [-0.25, -0.2) is 4.39 Å². The van der Waals surface area contributed by atoms with Gasteiger partial charge in [0.15, 0.2) is 0 Å². The fourth-order valence-corrected chi connectivity index (χ4v) is 3.11. The molecule has 6 heteroatoms. The Morgan fingerprint density at radius 1 is 1.16 bits per heavy atom. The van der Waals surface area contributed by atoms with Crippen LogP contribution in [-0.2, 0) is 10.2 Å². The lowest BCUT2D eigenvalue weighted by molar-refractivity contribution is -0.118. The minimum absolute atomic E-state index is 0.215. The number of anilines is 1. The molecule has 2 aromatic carbocycles. The molecule has 1 aliphatic rings. The molecular formula is C19H18ClFN2O2. The summed E-state index contributed by atoms with van der Waals surface area (Å²) in [6.45, 7) is 0. The fraction of sp³-hybridized carbons (Fsp3) is 0.263. The summed E-state index contributed by atoms with van der Waals surface area (Å²) in [4.78, 5) is 26.1. The van der Waals surface area contributed by atoms with Crippen molar-refractivity contribution >= 4 is 29.1 Å². The molecule has 0 heterocycles. The number of rotatable bonds is 4. The molecule has 1 fully saturated rings. The molecule has 2 amide bonds. The Balaban J connectivity index is 1.81. The van der Waals surface area contributed by atoms with E-state index in [1.54, 1.807) is 44.4 Å². The zero-order chi connectivity index (χ0) is 18.2. The second-order valence-electron chi connectivity index (χ2n) is 6.41. The Morgan fingerprint density at radius 2 is 1.84 bits per heavy atom. The van der Waals surface area contributed by atoms with E-state index in [2.05, 4.69) is 5.32 Å². The predicted octanol–water partition coefficient (Wildman–Crippen LogP) is 3.85. The number of nitrogens with one attached hydrogen (secondary N) is 1. The first-order chi connectivity index (χ1) is 11.8. The van der Waals surface area contributed by atoms with Gasteiger partial charge in [0.05, 0.1) is 16.0 Å². The number of benzene rings is 2. The van der Waals surface area contributed by atoms with E-state index >= 15 is 0 Å². The number of carbonyl (C=O) groups is 2. The van der Waals surface area contributed by atoms with Crippen LogP contribution in [0.1, 0.15) is 28.8 Å². The number of halogens is 2. The highest BCUT2D eigenvalue weighted by Crippen LogP contribution is 2.49. The van der Waals surface area contributed by atoms with Crippen molar-refractivity contribution in [1.82, 2.24) is 4.90 Å². The van der Waals surface area contributed by atoms with Crippen LogP contribution < -0.4 is 5.32 Å². The minimum atomic E-state index is -0.823. The van der Waals surface area contributed by atoms with Crippen LogP contribution in [0.4, 0.5) is 10.1 Å². The van der Waals surface area contributed by atoms with E-state index in [0.29, 0.717) is 29.7 Å². The fourth-order valence-electron chi connectivity index (χ4n) is 2.85. The van der Waals surface area contributed by atoms with Gasteiger partial charge in [0, 0.05) is 25.3 Å². The van der Waals surface area contributed by atoms with Gasteiger partial charge in [-0.3, -0.25) is 9.59 Å². The molecule has 0 aromatic heterocycles. The summed E-state index contributed by atoms with van der Waals surface area (Å²) in [7, 11) is 3.28. The third-order valence-electron chi connectivity index (χ3n) is 4.44. The van der Waals surface area contributed by atoms with Crippen LogP contribution in [0.15, 0.2) is 42.5 Å². The molecule has 130 valence electrons. The quantitative estimate of drug-likeness (QED) is 0.900. The highest BCUT2D eigenvalue weighted by atomic mass is 35.5. The highest BCUT2D eigenvalue weighted by molar-refractivity contribution is 6.34. The molecule has 0 aliphatic heterocycles. The number of amides is 2. The van der Waals surface area contributed by atoms with Crippen LogP contribution in [0.5, 0.6) is 0 Å². The van der Waals surface area contributed by atoms with Crippen LogP contribution in [-0.4, -0.2) is 30.8 Å². The molecule has 0 unspecified atom stereocenters. The van der Waals surface area contributed by atoms with Crippen LogP contribution in [0, 0.1) is 5.82 Å². The van der Waals surface area contributed by atoms with Crippen molar-refractivity contribution in [3.05, 3.63) is 64.4 Å². The number of nitrogens with zero attached hydrogens (tertiary/aromatic N) is 1. The smallest absolute Gasteiger partial charge is 0.254 e. The van der Waals surface area contributed by atoms with Gasteiger partial charge in [-0.2, -0.15) is 0 Å². The van der Waals surface area contributed by atoms with E-state index in [1.807, 2.05) is 0 Å². The highest BCUT2D eigenvalue weighted by Gasteiger charge is 2.52. The molecule has 1 saturated carbocycles. The first-order valence-corrected chi connectivity index (χ1v) is 8.30. The predicted molar refractivity (Wildman–Crippen MR) is 95.4 cm³/mol.